The lowest BCUT2D eigenvalue weighted by Crippen LogP contribution is -2.19. The Bertz CT molecular complexity index is 1060. The standard InChI is InChI=1S/C22H21N3O/c1-2-9-18(10-3-1)26-19-11-6-8-17(15-19)21-23-22-20-12-5-4-7-16(20)13-14-25(22)24-21/h4-8,11-15,18H,1-3,9-10H2. The van der Waals surface area contributed by atoms with Gasteiger partial charge in [-0.15, -0.1) is 5.10 Å². The van der Waals surface area contributed by atoms with Gasteiger partial charge in [-0.25, -0.2) is 9.50 Å². The summed E-state index contributed by atoms with van der Waals surface area (Å²) in [6, 6.07) is 18.5. The Balaban J connectivity index is 1.51. The molecule has 0 unspecified atom stereocenters. The van der Waals surface area contributed by atoms with Crippen molar-refractivity contribution in [1.82, 2.24) is 14.6 Å². The van der Waals surface area contributed by atoms with Crippen molar-refractivity contribution in [2.75, 3.05) is 0 Å². The lowest BCUT2D eigenvalue weighted by atomic mass is 9.98. The van der Waals surface area contributed by atoms with Crippen LogP contribution >= 0.6 is 0 Å². The Morgan fingerprint density at radius 2 is 1.81 bits per heavy atom. The van der Waals surface area contributed by atoms with Crippen LogP contribution in [0.3, 0.4) is 0 Å². The summed E-state index contributed by atoms with van der Waals surface area (Å²) in [5, 5.41) is 6.96. The topological polar surface area (TPSA) is 39.4 Å². The van der Waals surface area contributed by atoms with Gasteiger partial charge in [-0.2, -0.15) is 0 Å². The molecule has 4 aromatic rings. The zero-order valence-corrected chi connectivity index (χ0v) is 14.6. The van der Waals surface area contributed by atoms with Gasteiger partial charge in [0.15, 0.2) is 11.5 Å². The number of benzene rings is 2. The predicted molar refractivity (Wildman–Crippen MR) is 103 cm³/mol. The number of fused-ring (bicyclic) bond motifs is 3. The molecule has 130 valence electrons. The van der Waals surface area contributed by atoms with E-state index in [1.165, 1.54) is 24.6 Å². The second kappa shape index (κ2) is 6.45. The molecule has 26 heavy (non-hydrogen) atoms. The molecule has 4 nitrogen and oxygen atoms in total. The van der Waals surface area contributed by atoms with Gasteiger partial charge in [-0.1, -0.05) is 42.8 Å². The van der Waals surface area contributed by atoms with Crippen LogP contribution in [0.5, 0.6) is 5.75 Å². The van der Waals surface area contributed by atoms with Crippen LogP contribution in [0, 0.1) is 0 Å². The molecule has 1 fully saturated rings. The van der Waals surface area contributed by atoms with E-state index in [2.05, 4.69) is 29.4 Å². The third kappa shape index (κ3) is 2.81. The maximum Gasteiger partial charge on any atom is 0.182 e. The van der Waals surface area contributed by atoms with Crippen molar-refractivity contribution in [2.24, 2.45) is 0 Å². The lowest BCUT2D eigenvalue weighted by molar-refractivity contribution is 0.155. The summed E-state index contributed by atoms with van der Waals surface area (Å²) in [7, 11) is 0. The number of aromatic nitrogens is 3. The van der Waals surface area contributed by atoms with Crippen molar-refractivity contribution >= 4 is 16.4 Å². The van der Waals surface area contributed by atoms with E-state index in [1.54, 1.807) is 0 Å². The summed E-state index contributed by atoms with van der Waals surface area (Å²) in [5.74, 6) is 1.65. The zero-order valence-electron chi connectivity index (χ0n) is 14.6. The number of hydrogen-bond acceptors (Lipinski definition) is 3. The highest BCUT2D eigenvalue weighted by molar-refractivity contribution is 5.94. The van der Waals surface area contributed by atoms with E-state index in [1.807, 2.05) is 41.0 Å². The minimum absolute atomic E-state index is 0.344. The molecule has 2 heterocycles. The fourth-order valence-electron chi connectivity index (χ4n) is 3.81. The van der Waals surface area contributed by atoms with Crippen molar-refractivity contribution < 1.29 is 4.74 Å². The van der Waals surface area contributed by atoms with Gasteiger partial charge in [0.25, 0.3) is 0 Å². The van der Waals surface area contributed by atoms with E-state index < -0.39 is 0 Å². The highest BCUT2D eigenvalue weighted by atomic mass is 16.5. The molecule has 0 aliphatic heterocycles. The van der Waals surface area contributed by atoms with Crippen molar-refractivity contribution in [1.29, 1.82) is 0 Å². The van der Waals surface area contributed by atoms with Gasteiger partial charge in [-0.3, -0.25) is 0 Å². The molecule has 2 aromatic carbocycles. The maximum absolute atomic E-state index is 6.20. The minimum atomic E-state index is 0.344. The Hall–Kier alpha value is -2.88. The molecular formula is C22H21N3O. The van der Waals surface area contributed by atoms with Crippen LogP contribution in [-0.4, -0.2) is 20.7 Å². The summed E-state index contributed by atoms with van der Waals surface area (Å²) >= 11 is 0. The molecule has 0 bridgehead atoms. The molecule has 5 rings (SSSR count). The Kier molecular flexibility index (Phi) is 3.81. The maximum atomic E-state index is 6.20. The van der Waals surface area contributed by atoms with Crippen molar-refractivity contribution in [3.63, 3.8) is 0 Å². The first kappa shape index (κ1) is 15.4. The van der Waals surface area contributed by atoms with Gasteiger partial charge >= 0.3 is 0 Å². The highest BCUT2D eigenvalue weighted by Crippen LogP contribution is 2.27. The van der Waals surface area contributed by atoms with Crippen LogP contribution < -0.4 is 4.74 Å². The average molecular weight is 343 g/mol. The van der Waals surface area contributed by atoms with E-state index in [4.69, 9.17) is 9.72 Å². The normalized spacial score (nSPS) is 15.5. The number of pyridine rings is 1. The first-order valence-electron chi connectivity index (χ1n) is 9.38. The van der Waals surface area contributed by atoms with Gasteiger partial charge in [-0.05, 0) is 49.3 Å². The van der Waals surface area contributed by atoms with E-state index in [9.17, 15) is 0 Å². The summed E-state index contributed by atoms with van der Waals surface area (Å²) in [4.78, 5) is 4.80. The van der Waals surface area contributed by atoms with Crippen LogP contribution in [0.4, 0.5) is 0 Å². The summed E-state index contributed by atoms with van der Waals surface area (Å²) < 4.78 is 8.05. The number of nitrogens with zero attached hydrogens (tertiary/aromatic N) is 3. The molecule has 0 N–H and O–H groups in total. The molecule has 0 spiro atoms. The Morgan fingerprint density at radius 1 is 0.923 bits per heavy atom. The second-order valence-electron chi connectivity index (χ2n) is 7.01. The van der Waals surface area contributed by atoms with Crippen LogP contribution in [0.15, 0.2) is 60.8 Å². The molecule has 4 heteroatoms. The molecule has 0 saturated heterocycles. The first-order valence-corrected chi connectivity index (χ1v) is 9.38. The van der Waals surface area contributed by atoms with Gasteiger partial charge in [0.1, 0.15) is 5.75 Å². The predicted octanol–water partition coefficient (Wildman–Crippen LogP) is 5.26. The van der Waals surface area contributed by atoms with E-state index in [0.717, 1.165) is 41.0 Å². The quantitative estimate of drug-likeness (QED) is 0.509. The smallest absolute Gasteiger partial charge is 0.182 e. The van der Waals surface area contributed by atoms with Crippen LogP contribution in [0.25, 0.3) is 27.8 Å². The summed E-state index contributed by atoms with van der Waals surface area (Å²) in [6.45, 7) is 0. The first-order chi connectivity index (χ1) is 12.9. The number of ether oxygens (including phenoxy) is 1. The van der Waals surface area contributed by atoms with Crippen molar-refractivity contribution in [2.45, 2.75) is 38.2 Å². The lowest BCUT2D eigenvalue weighted by Gasteiger charge is -2.23. The summed E-state index contributed by atoms with van der Waals surface area (Å²) in [6.07, 6.45) is 8.50. The average Bonchev–Trinajstić information content (AvgIpc) is 3.14. The van der Waals surface area contributed by atoms with E-state index in [-0.39, 0.29) is 0 Å². The second-order valence-corrected chi connectivity index (χ2v) is 7.01. The number of rotatable bonds is 3. The molecule has 1 saturated carbocycles. The monoisotopic (exact) mass is 343 g/mol. The van der Waals surface area contributed by atoms with Gasteiger partial charge in [0.05, 0.1) is 6.10 Å². The molecule has 0 amide bonds. The van der Waals surface area contributed by atoms with E-state index >= 15 is 0 Å². The summed E-state index contributed by atoms with van der Waals surface area (Å²) in [5.41, 5.74) is 1.88. The van der Waals surface area contributed by atoms with Crippen molar-refractivity contribution in [3.05, 3.63) is 60.8 Å². The van der Waals surface area contributed by atoms with Crippen molar-refractivity contribution in [3.8, 4) is 17.1 Å². The fourth-order valence-corrected chi connectivity index (χ4v) is 3.81. The van der Waals surface area contributed by atoms with Crippen LogP contribution in [0.2, 0.25) is 0 Å². The third-order valence-corrected chi connectivity index (χ3v) is 5.18. The molecule has 2 aromatic heterocycles. The molecular weight excluding hydrogens is 322 g/mol. The highest BCUT2D eigenvalue weighted by Gasteiger charge is 2.16. The van der Waals surface area contributed by atoms with Gasteiger partial charge < -0.3 is 4.74 Å². The SMILES string of the molecule is c1cc(OC2CCCCC2)cc(-c2nc3c4ccccc4ccn3n2)c1. The molecule has 0 radical (unpaired) electrons. The van der Waals surface area contributed by atoms with Crippen LogP contribution in [-0.2, 0) is 0 Å². The largest absolute Gasteiger partial charge is 0.490 e. The molecule has 0 atom stereocenters. The van der Waals surface area contributed by atoms with Gasteiger partial charge in [0.2, 0.25) is 0 Å². The fraction of sp³-hybridized carbons (Fsp3) is 0.273. The minimum Gasteiger partial charge on any atom is -0.490 e. The van der Waals surface area contributed by atoms with E-state index in [0.29, 0.717) is 6.10 Å². The Labute approximate surface area is 152 Å². The zero-order chi connectivity index (χ0) is 17.3. The molecule has 1 aliphatic carbocycles. The number of hydrogen-bond donors (Lipinski definition) is 0. The third-order valence-electron chi connectivity index (χ3n) is 5.18. The van der Waals surface area contributed by atoms with Crippen LogP contribution in [0.1, 0.15) is 32.1 Å². The Morgan fingerprint density at radius 3 is 2.73 bits per heavy atom. The van der Waals surface area contributed by atoms with Gasteiger partial charge in [0, 0.05) is 17.1 Å². The molecule has 1 aliphatic rings.